The van der Waals surface area contributed by atoms with E-state index < -0.39 is 0 Å². The van der Waals surface area contributed by atoms with E-state index in [4.69, 9.17) is 4.74 Å². The quantitative estimate of drug-likeness (QED) is 0.484. The second-order valence-corrected chi connectivity index (χ2v) is 2.77. The number of ether oxygens (including phenoxy) is 1. The van der Waals surface area contributed by atoms with Crippen molar-refractivity contribution in [2.24, 2.45) is 5.92 Å². The van der Waals surface area contributed by atoms with Crippen molar-refractivity contribution in [2.45, 2.75) is 32.8 Å². The Kier molecular flexibility index (Phi) is 2.15. The molecule has 1 rings (SSSR count). The minimum Gasteiger partial charge on any atom is -0.498 e. The van der Waals surface area contributed by atoms with Gasteiger partial charge in [0.1, 0.15) is 0 Å². The Labute approximate surface area is 56.7 Å². The molecule has 0 bridgehead atoms. The molecule has 0 saturated heterocycles. The van der Waals surface area contributed by atoms with Gasteiger partial charge in [-0.05, 0) is 31.8 Å². The second kappa shape index (κ2) is 2.90. The van der Waals surface area contributed by atoms with E-state index in [1.54, 1.807) is 0 Å². The molecule has 0 spiro atoms. The first kappa shape index (κ1) is 6.66. The Morgan fingerprint density at radius 1 is 1.44 bits per heavy atom. The maximum Gasteiger partial charge on any atom is 0.0975 e. The lowest BCUT2D eigenvalue weighted by Crippen LogP contribution is -2.13. The van der Waals surface area contributed by atoms with Gasteiger partial charge in [-0.1, -0.05) is 6.92 Å². The maximum atomic E-state index is 5.33. The van der Waals surface area contributed by atoms with Crippen molar-refractivity contribution >= 4 is 0 Å². The van der Waals surface area contributed by atoms with Crippen molar-refractivity contribution in [3.63, 3.8) is 0 Å². The minimum absolute atomic E-state index is 0.406. The van der Waals surface area contributed by atoms with Gasteiger partial charge in [0.15, 0.2) is 0 Å². The summed E-state index contributed by atoms with van der Waals surface area (Å²) < 4.78 is 5.33. The molecule has 0 aromatic carbocycles. The zero-order valence-corrected chi connectivity index (χ0v) is 6.13. The van der Waals surface area contributed by atoms with Gasteiger partial charge in [-0.2, -0.15) is 0 Å². The third kappa shape index (κ3) is 1.74. The zero-order valence-electron chi connectivity index (χ0n) is 6.13. The third-order valence-electron chi connectivity index (χ3n) is 1.98. The van der Waals surface area contributed by atoms with Crippen molar-refractivity contribution in [1.29, 1.82) is 0 Å². The van der Waals surface area contributed by atoms with Gasteiger partial charge in [0, 0.05) is 0 Å². The molecule has 1 aliphatic rings. The molecule has 1 heteroatoms. The Morgan fingerprint density at radius 3 is 3.00 bits per heavy atom. The van der Waals surface area contributed by atoms with Crippen LogP contribution in [0.5, 0.6) is 0 Å². The van der Waals surface area contributed by atoms with Crippen LogP contribution < -0.4 is 0 Å². The lowest BCUT2D eigenvalue weighted by atomic mass is 10.0. The van der Waals surface area contributed by atoms with Gasteiger partial charge in [0.2, 0.25) is 0 Å². The van der Waals surface area contributed by atoms with E-state index in [1.807, 2.05) is 6.26 Å². The average Bonchev–Trinajstić information content (AvgIpc) is 1.99. The molecule has 1 nitrogen and oxygen atoms in total. The fraction of sp³-hybridized carbons (Fsp3) is 0.750. The highest BCUT2D eigenvalue weighted by molar-refractivity contribution is 4.80. The largest absolute Gasteiger partial charge is 0.498 e. The van der Waals surface area contributed by atoms with Crippen LogP contribution in [-0.2, 0) is 4.74 Å². The van der Waals surface area contributed by atoms with E-state index in [1.165, 1.54) is 12.8 Å². The van der Waals surface area contributed by atoms with Crippen LogP contribution in [0.25, 0.3) is 0 Å². The van der Waals surface area contributed by atoms with E-state index in [0.29, 0.717) is 12.0 Å². The summed E-state index contributed by atoms with van der Waals surface area (Å²) in [5.41, 5.74) is 0. The number of hydrogen-bond donors (Lipinski definition) is 0. The average molecular weight is 126 g/mol. The molecule has 0 aromatic heterocycles. The fourth-order valence-electron chi connectivity index (χ4n) is 0.975. The molecule has 0 aliphatic carbocycles. The predicted octanol–water partition coefficient (Wildman–Crippen LogP) is 2.34. The molecule has 0 aromatic rings. The fourth-order valence-corrected chi connectivity index (χ4v) is 0.975. The zero-order chi connectivity index (χ0) is 6.69. The summed E-state index contributed by atoms with van der Waals surface area (Å²) >= 11 is 0. The van der Waals surface area contributed by atoms with Gasteiger partial charge in [-0.3, -0.25) is 0 Å². The Bertz CT molecular complexity index is 107. The van der Waals surface area contributed by atoms with Crippen LogP contribution in [-0.4, -0.2) is 6.10 Å². The SMILES string of the molecule is CC1CCC=COC1C. The first-order valence-corrected chi connectivity index (χ1v) is 3.61. The normalized spacial score (nSPS) is 35.3. The summed E-state index contributed by atoms with van der Waals surface area (Å²) in [6.07, 6.45) is 6.76. The molecular weight excluding hydrogens is 112 g/mol. The van der Waals surface area contributed by atoms with Crippen molar-refractivity contribution in [3.8, 4) is 0 Å². The lowest BCUT2D eigenvalue weighted by Gasteiger charge is -2.15. The molecule has 9 heavy (non-hydrogen) atoms. The van der Waals surface area contributed by atoms with Gasteiger partial charge in [-0.15, -0.1) is 0 Å². The van der Waals surface area contributed by atoms with Crippen LogP contribution in [0.1, 0.15) is 26.7 Å². The molecule has 2 atom stereocenters. The van der Waals surface area contributed by atoms with Crippen LogP contribution >= 0.6 is 0 Å². The number of rotatable bonds is 0. The van der Waals surface area contributed by atoms with Crippen molar-refractivity contribution in [3.05, 3.63) is 12.3 Å². The van der Waals surface area contributed by atoms with Crippen molar-refractivity contribution < 1.29 is 4.74 Å². The van der Waals surface area contributed by atoms with Gasteiger partial charge in [0.25, 0.3) is 0 Å². The Hall–Kier alpha value is -0.460. The van der Waals surface area contributed by atoms with Crippen LogP contribution in [0.2, 0.25) is 0 Å². The standard InChI is InChI=1S/C8H14O/c1-7-5-3-4-6-9-8(7)2/h4,6-8H,3,5H2,1-2H3. The molecule has 0 saturated carbocycles. The van der Waals surface area contributed by atoms with Crippen molar-refractivity contribution in [2.75, 3.05) is 0 Å². The highest BCUT2D eigenvalue weighted by atomic mass is 16.5. The predicted molar refractivity (Wildman–Crippen MR) is 38.1 cm³/mol. The second-order valence-electron chi connectivity index (χ2n) is 2.77. The third-order valence-corrected chi connectivity index (χ3v) is 1.98. The summed E-state index contributed by atoms with van der Waals surface area (Å²) in [6, 6.07) is 0. The topological polar surface area (TPSA) is 9.23 Å². The molecule has 0 radical (unpaired) electrons. The highest BCUT2D eigenvalue weighted by Gasteiger charge is 2.12. The molecule has 0 fully saturated rings. The summed E-state index contributed by atoms with van der Waals surface area (Å²) in [5.74, 6) is 0.708. The first-order valence-electron chi connectivity index (χ1n) is 3.61. The highest BCUT2D eigenvalue weighted by Crippen LogP contribution is 2.17. The molecule has 1 aliphatic heterocycles. The summed E-state index contributed by atoms with van der Waals surface area (Å²) in [4.78, 5) is 0. The van der Waals surface area contributed by atoms with Gasteiger partial charge in [0.05, 0.1) is 12.4 Å². The first-order chi connectivity index (χ1) is 4.30. The van der Waals surface area contributed by atoms with E-state index in [9.17, 15) is 0 Å². The number of hydrogen-bond acceptors (Lipinski definition) is 1. The van der Waals surface area contributed by atoms with Gasteiger partial charge < -0.3 is 4.74 Å². The molecule has 0 N–H and O–H groups in total. The monoisotopic (exact) mass is 126 g/mol. The number of allylic oxidation sites excluding steroid dienone is 1. The summed E-state index contributed by atoms with van der Waals surface area (Å²) in [7, 11) is 0. The summed E-state index contributed by atoms with van der Waals surface area (Å²) in [5, 5.41) is 0. The van der Waals surface area contributed by atoms with E-state index >= 15 is 0 Å². The van der Waals surface area contributed by atoms with Crippen LogP contribution in [0.15, 0.2) is 12.3 Å². The van der Waals surface area contributed by atoms with Crippen LogP contribution in [0.4, 0.5) is 0 Å². The maximum absolute atomic E-state index is 5.33. The molecule has 2 unspecified atom stereocenters. The van der Waals surface area contributed by atoms with Crippen molar-refractivity contribution in [1.82, 2.24) is 0 Å². The van der Waals surface area contributed by atoms with E-state index in [0.717, 1.165) is 0 Å². The molecule has 0 amide bonds. The lowest BCUT2D eigenvalue weighted by molar-refractivity contribution is 0.113. The molecule has 52 valence electrons. The molecular formula is C8H14O. The van der Waals surface area contributed by atoms with Crippen LogP contribution in [0.3, 0.4) is 0 Å². The Balaban J connectivity index is 2.42. The van der Waals surface area contributed by atoms with E-state index in [-0.39, 0.29) is 0 Å². The smallest absolute Gasteiger partial charge is 0.0975 e. The minimum atomic E-state index is 0.406. The van der Waals surface area contributed by atoms with Gasteiger partial charge in [-0.25, -0.2) is 0 Å². The molecule has 1 heterocycles. The Morgan fingerprint density at radius 2 is 2.22 bits per heavy atom. The van der Waals surface area contributed by atoms with E-state index in [2.05, 4.69) is 19.9 Å². The van der Waals surface area contributed by atoms with Gasteiger partial charge >= 0.3 is 0 Å². The van der Waals surface area contributed by atoms with Crippen LogP contribution in [0, 0.1) is 5.92 Å². The summed E-state index contributed by atoms with van der Waals surface area (Å²) in [6.45, 7) is 4.36.